The lowest BCUT2D eigenvalue weighted by Crippen LogP contribution is -2.49. The van der Waals surface area contributed by atoms with E-state index in [9.17, 15) is 22.8 Å². The minimum absolute atomic E-state index is 0.0677. The molecule has 4 aromatic rings. The van der Waals surface area contributed by atoms with E-state index in [1.165, 1.54) is 15.9 Å². The van der Waals surface area contributed by atoms with E-state index < -0.39 is 23.9 Å². The van der Waals surface area contributed by atoms with Crippen LogP contribution < -0.4 is 15.0 Å². The number of carbonyl (C=O) groups excluding carboxylic acids is 2. The highest BCUT2D eigenvalue weighted by Gasteiger charge is 2.38. The minimum Gasteiger partial charge on any atom is -0.489 e. The first-order valence-corrected chi connectivity index (χ1v) is 13.1. The molecule has 0 saturated heterocycles. The van der Waals surface area contributed by atoms with Crippen molar-refractivity contribution in [1.82, 2.24) is 39.7 Å². The Bertz CT molecular complexity index is 1620. The fraction of sp³-hybridized carbons (Fsp3) is 0.333. The molecule has 2 aliphatic heterocycles. The van der Waals surface area contributed by atoms with Crippen LogP contribution in [0.1, 0.15) is 33.4 Å². The van der Waals surface area contributed by atoms with Crippen LogP contribution in [0.3, 0.4) is 0 Å². The van der Waals surface area contributed by atoms with Crippen LogP contribution >= 0.6 is 0 Å². The van der Waals surface area contributed by atoms with Crippen LogP contribution in [-0.2, 0) is 37.1 Å². The molecule has 0 spiro atoms. The second-order valence-electron chi connectivity index (χ2n) is 10.1. The molecule has 6 rings (SSSR count). The number of halogens is 3. The number of amides is 2. The summed E-state index contributed by atoms with van der Waals surface area (Å²) in [7, 11) is 1.60. The maximum Gasteiger partial charge on any atom is 0.453 e. The average Bonchev–Trinajstić information content (AvgIpc) is 3.60. The van der Waals surface area contributed by atoms with E-state index in [1.807, 2.05) is 41.3 Å². The van der Waals surface area contributed by atoms with Gasteiger partial charge in [-0.05, 0) is 23.3 Å². The molecule has 4 heterocycles. The highest BCUT2D eigenvalue weighted by atomic mass is 19.4. The van der Waals surface area contributed by atoms with Crippen molar-refractivity contribution in [2.75, 3.05) is 25.1 Å². The van der Waals surface area contributed by atoms with Crippen LogP contribution in [0.25, 0.3) is 0 Å². The Balaban J connectivity index is 1.12. The smallest absolute Gasteiger partial charge is 0.453 e. The summed E-state index contributed by atoms with van der Waals surface area (Å²) in [6.07, 6.45) is -3.14. The third kappa shape index (κ3) is 5.54. The van der Waals surface area contributed by atoms with Gasteiger partial charge < -0.3 is 19.5 Å². The van der Waals surface area contributed by atoms with E-state index in [2.05, 4.69) is 25.6 Å². The van der Waals surface area contributed by atoms with Crippen LogP contribution in [-0.4, -0.2) is 72.5 Å². The zero-order valence-corrected chi connectivity index (χ0v) is 22.5. The number of likely N-dealkylation sites (N-methyl/N-ethyl adjacent to an activating group) is 1. The summed E-state index contributed by atoms with van der Waals surface area (Å²) in [5.41, 5.74) is 2.31. The molecule has 2 aliphatic rings. The average molecular weight is 582 g/mol. The van der Waals surface area contributed by atoms with Gasteiger partial charge in [-0.15, -0.1) is 15.3 Å². The summed E-state index contributed by atoms with van der Waals surface area (Å²) in [5, 5.41) is 14.1. The molecule has 218 valence electrons. The Labute approximate surface area is 237 Å². The van der Waals surface area contributed by atoms with Gasteiger partial charge in [-0.3, -0.25) is 14.5 Å². The number of hydrogen-bond donors (Lipinski definition) is 1. The molecule has 0 radical (unpaired) electrons. The molecule has 0 bridgehead atoms. The summed E-state index contributed by atoms with van der Waals surface area (Å²) in [6, 6.07) is 13.9. The van der Waals surface area contributed by atoms with Gasteiger partial charge in [0.2, 0.25) is 5.82 Å². The molecule has 2 amide bonds. The number of carbonyl (C=O) groups is 2. The summed E-state index contributed by atoms with van der Waals surface area (Å²) < 4.78 is 47.9. The summed E-state index contributed by atoms with van der Waals surface area (Å²) in [5.74, 6) is -1.29. The number of aromatic nitrogens is 6. The Morgan fingerprint density at radius 2 is 1.90 bits per heavy atom. The second kappa shape index (κ2) is 10.9. The van der Waals surface area contributed by atoms with Gasteiger partial charge in [0.1, 0.15) is 30.5 Å². The van der Waals surface area contributed by atoms with Crippen molar-refractivity contribution in [3.8, 4) is 5.75 Å². The fourth-order valence-corrected chi connectivity index (χ4v) is 4.99. The zero-order chi connectivity index (χ0) is 29.4. The van der Waals surface area contributed by atoms with Crippen molar-refractivity contribution < 1.29 is 27.5 Å². The standard InChI is InChI=1S/C27H26F3N9O3/c1-36-20-11-18(12-37-9-10-39-22(14-37)33-26(35-39)27(28,29)30)7-8-21(20)42-15-19(25(36)41)32-24(40)23-34-31-16-38(23)13-17-5-3-2-4-6-17/h2-8,11,16,19H,9-10,12-15H2,1H3,(H,32,40)/t19-/m0/s1. The molecule has 0 aliphatic carbocycles. The lowest BCUT2D eigenvalue weighted by molar-refractivity contribution is -0.145. The van der Waals surface area contributed by atoms with Gasteiger partial charge in [-0.2, -0.15) is 13.2 Å². The first kappa shape index (κ1) is 27.4. The SMILES string of the molecule is CN1C(=O)[C@@H](NC(=O)c2nncn2Cc2ccccc2)COc2ccc(CN3CCn4nc(C(F)(F)F)nc4C3)cc21. The van der Waals surface area contributed by atoms with Crippen molar-refractivity contribution >= 4 is 17.5 Å². The van der Waals surface area contributed by atoms with Crippen molar-refractivity contribution in [1.29, 1.82) is 0 Å². The Hall–Kier alpha value is -4.79. The molecule has 2 aromatic carbocycles. The minimum atomic E-state index is -4.60. The predicted octanol–water partition coefficient (Wildman–Crippen LogP) is 2.11. The molecule has 0 saturated carbocycles. The normalized spacial score (nSPS) is 17.3. The number of nitrogens with one attached hydrogen (secondary N) is 1. The molecule has 15 heteroatoms. The number of fused-ring (bicyclic) bond motifs is 2. The molecule has 0 fully saturated rings. The van der Waals surface area contributed by atoms with E-state index in [0.717, 1.165) is 11.1 Å². The van der Waals surface area contributed by atoms with Gasteiger partial charge in [-0.25, -0.2) is 9.67 Å². The van der Waals surface area contributed by atoms with E-state index in [1.54, 1.807) is 23.7 Å². The van der Waals surface area contributed by atoms with Crippen molar-refractivity contribution in [3.63, 3.8) is 0 Å². The first-order chi connectivity index (χ1) is 20.2. The number of nitrogens with zero attached hydrogens (tertiary/aromatic N) is 8. The zero-order valence-electron chi connectivity index (χ0n) is 22.5. The number of alkyl halides is 3. The molecule has 1 atom stereocenters. The summed E-state index contributed by atoms with van der Waals surface area (Å²) >= 11 is 0. The molecule has 0 unspecified atom stereocenters. The lowest BCUT2D eigenvalue weighted by atomic mass is 10.1. The van der Waals surface area contributed by atoms with Crippen LogP contribution in [0.5, 0.6) is 5.75 Å². The van der Waals surface area contributed by atoms with E-state index >= 15 is 0 Å². The second-order valence-corrected chi connectivity index (χ2v) is 10.1. The maximum atomic E-state index is 13.4. The number of hydrogen-bond acceptors (Lipinski definition) is 8. The van der Waals surface area contributed by atoms with Gasteiger partial charge >= 0.3 is 6.18 Å². The maximum absolute atomic E-state index is 13.4. The summed E-state index contributed by atoms with van der Waals surface area (Å²) in [6.45, 7) is 1.69. The van der Waals surface area contributed by atoms with E-state index in [4.69, 9.17) is 4.74 Å². The number of anilines is 1. The molecule has 2 aromatic heterocycles. The van der Waals surface area contributed by atoms with Gasteiger partial charge in [0.25, 0.3) is 17.6 Å². The van der Waals surface area contributed by atoms with Crippen molar-refractivity contribution in [2.45, 2.75) is 38.4 Å². The Morgan fingerprint density at radius 1 is 1.10 bits per heavy atom. The van der Waals surface area contributed by atoms with E-state index in [-0.39, 0.29) is 37.3 Å². The Morgan fingerprint density at radius 3 is 2.69 bits per heavy atom. The van der Waals surface area contributed by atoms with Crippen molar-refractivity contribution in [3.05, 3.63) is 83.5 Å². The molecular formula is C27H26F3N9O3. The lowest BCUT2D eigenvalue weighted by Gasteiger charge is -2.27. The fourth-order valence-electron chi connectivity index (χ4n) is 4.99. The van der Waals surface area contributed by atoms with Gasteiger partial charge in [-0.1, -0.05) is 36.4 Å². The number of ether oxygens (including phenoxy) is 1. The highest BCUT2D eigenvalue weighted by molar-refractivity contribution is 6.02. The topological polar surface area (TPSA) is 123 Å². The molecular weight excluding hydrogens is 555 g/mol. The summed E-state index contributed by atoms with van der Waals surface area (Å²) in [4.78, 5) is 33.5. The predicted molar refractivity (Wildman–Crippen MR) is 141 cm³/mol. The largest absolute Gasteiger partial charge is 0.489 e. The van der Waals surface area contributed by atoms with Crippen LogP contribution in [0.2, 0.25) is 0 Å². The number of benzene rings is 2. The Kier molecular flexibility index (Phi) is 7.10. The van der Waals surface area contributed by atoms with Crippen molar-refractivity contribution in [2.24, 2.45) is 0 Å². The van der Waals surface area contributed by atoms with Crippen LogP contribution in [0.4, 0.5) is 18.9 Å². The van der Waals surface area contributed by atoms with Crippen LogP contribution in [0.15, 0.2) is 54.9 Å². The highest BCUT2D eigenvalue weighted by Crippen LogP contribution is 2.33. The molecule has 42 heavy (non-hydrogen) atoms. The first-order valence-electron chi connectivity index (χ1n) is 13.1. The van der Waals surface area contributed by atoms with Gasteiger partial charge in [0, 0.05) is 20.1 Å². The monoisotopic (exact) mass is 581 g/mol. The molecule has 1 N–H and O–H groups in total. The third-order valence-corrected chi connectivity index (χ3v) is 7.14. The quantitative estimate of drug-likeness (QED) is 0.368. The van der Waals surface area contributed by atoms with E-state index in [0.29, 0.717) is 31.1 Å². The number of rotatable bonds is 6. The van der Waals surface area contributed by atoms with Gasteiger partial charge in [0.05, 0.1) is 25.3 Å². The van der Waals surface area contributed by atoms with Gasteiger partial charge in [0.15, 0.2) is 0 Å². The van der Waals surface area contributed by atoms with Crippen LogP contribution in [0, 0.1) is 0 Å². The third-order valence-electron chi connectivity index (χ3n) is 7.14. The molecule has 12 nitrogen and oxygen atoms in total.